The number of hydrogen-bond donors (Lipinski definition) is 0. The van der Waals surface area contributed by atoms with Gasteiger partial charge in [-0.2, -0.15) is 0 Å². The van der Waals surface area contributed by atoms with E-state index in [1.165, 1.54) is 6.42 Å². The van der Waals surface area contributed by atoms with Gasteiger partial charge in [0, 0.05) is 45.8 Å². The monoisotopic (exact) mass is 322 g/mol. The number of nitrogens with zero attached hydrogens (tertiary/aromatic N) is 2. The van der Waals surface area contributed by atoms with Crippen LogP contribution in [0.4, 0.5) is 0 Å². The van der Waals surface area contributed by atoms with Crippen LogP contribution in [0.2, 0.25) is 0 Å². The standard InChI is InChI=1S/C18H30N2O3/c1-3-8-19-10-11-23-16-14-20(9-5-15(16)13-19)17(21)12-18(22-2)6-4-7-18/h3,15-16H,1,4-14H2,2H3. The van der Waals surface area contributed by atoms with Gasteiger partial charge in [-0.1, -0.05) is 6.08 Å². The van der Waals surface area contributed by atoms with Crippen molar-refractivity contribution in [3.05, 3.63) is 12.7 Å². The highest BCUT2D eigenvalue weighted by Crippen LogP contribution is 2.38. The maximum Gasteiger partial charge on any atom is 0.225 e. The van der Waals surface area contributed by atoms with Crippen LogP contribution in [0.25, 0.3) is 0 Å². The number of rotatable bonds is 5. The largest absolute Gasteiger partial charge is 0.378 e. The van der Waals surface area contributed by atoms with E-state index < -0.39 is 0 Å². The van der Waals surface area contributed by atoms with E-state index in [2.05, 4.69) is 11.5 Å². The fraction of sp³-hybridized carbons (Fsp3) is 0.833. The molecular weight excluding hydrogens is 292 g/mol. The highest BCUT2D eigenvalue weighted by Gasteiger charge is 2.42. The SMILES string of the molecule is C=CCN1CCOC2CN(C(=O)CC3(OC)CCC3)CCC2C1. The Labute approximate surface area is 139 Å². The third-order valence-electron chi connectivity index (χ3n) is 5.84. The summed E-state index contributed by atoms with van der Waals surface area (Å²) in [5.74, 6) is 0.766. The van der Waals surface area contributed by atoms with Crippen molar-refractivity contribution >= 4 is 5.91 Å². The second-order valence-electron chi connectivity index (χ2n) is 7.26. The van der Waals surface area contributed by atoms with Crippen LogP contribution in [0.3, 0.4) is 0 Å². The molecule has 1 amide bonds. The first-order chi connectivity index (χ1) is 11.2. The molecule has 0 aromatic rings. The third kappa shape index (κ3) is 3.78. The Morgan fingerprint density at radius 2 is 2.22 bits per heavy atom. The molecule has 0 N–H and O–H groups in total. The van der Waals surface area contributed by atoms with Gasteiger partial charge < -0.3 is 14.4 Å². The second-order valence-corrected chi connectivity index (χ2v) is 7.26. The fourth-order valence-corrected chi connectivity index (χ4v) is 4.11. The molecular formula is C18H30N2O3. The van der Waals surface area contributed by atoms with Crippen molar-refractivity contribution in [2.24, 2.45) is 5.92 Å². The molecule has 3 fully saturated rings. The lowest BCUT2D eigenvalue weighted by atomic mass is 9.77. The van der Waals surface area contributed by atoms with E-state index in [4.69, 9.17) is 9.47 Å². The molecule has 1 saturated carbocycles. The number of carbonyl (C=O) groups excluding carboxylic acids is 1. The average Bonchev–Trinajstić information content (AvgIpc) is 2.72. The van der Waals surface area contributed by atoms with Gasteiger partial charge in [0.25, 0.3) is 0 Å². The first-order valence-corrected chi connectivity index (χ1v) is 8.93. The van der Waals surface area contributed by atoms with Gasteiger partial charge in [-0.25, -0.2) is 0 Å². The minimum Gasteiger partial charge on any atom is -0.378 e. The molecule has 0 aromatic heterocycles. The Bertz CT molecular complexity index is 430. The zero-order chi connectivity index (χ0) is 16.3. The lowest BCUT2D eigenvalue weighted by molar-refractivity contribution is -0.149. The van der Waals surface area contributed by atoms with Gasteiger partial charge in [-0.05, 0) is 25.7 Å². The topological polar surface area (TPSA) is 42.0 Å². The molecule has 5 nitrogen and oxygen atoms in total. The van der Waals surface area contributed by atoms with E-state index in [1.54, 1.807) is 7.11 Å². The smallest absolute Gasteiger partial charge is 0.225 e. The molecule has 2 atom stereocenters. The van der Waals surface area contributed by atoms with Crippen molar-refractivity contribution < 1.29 is 14.3 Å². The van der Waals surface area contributed by atoms with Gasteiger partial charge in [-0.3, -0.25) is 9.69 Å². The summed E-state index contributed by atoms with van der Waals surface area (Å²) in [5.41, 5.74) is -0.182. The highest BCUT2D eigenvalue weighted by molar-refractivity contribution is 5.77. The van der Waals surface area contributed by atoms with Gasteiger partial charge in [0.05, 0.1) is 24.7 Å². The Hall–Kier alpha value is -0.910. The van der Waals surface area contributed by atoms with Crippen LogP contribution < -0.4 is 0 Å². The minimum atomic E-state index is -0.182. The quantitative estimate of drug-likeness (QED) is 0.722. The van der Waals surface area contributed by atoms with Crippen LogP contribution in [0.1, 0.15) is 32.1 Å². The predicted molar refractivity (Wildman–Crippen MR) is 89.3 cm³/mol. The van der Waals surface area contributed by atoms with Crippen LogP contribution in [0.5, 0.6) is 0 Å². The molecule has 0 spiro atoms. The number of likely N-dealkylation sites (tertiary alicyclic amines) is 1. The van der Waals surface area contributed by atoms with Gasteiger partial charge in [-0.15, -0.1) is 6.58 Å². The first-order valence-electron chi connectivity index (χ1n) is 8.93. The molecule has 2 unspecified atom stereocenters. The van der Waals surface area contributed by atoms with Crippen LogP contribution in [0, 0.1) is 5.92 Å². The van der Waals surface area contributed by atoms with E-state index in [0.29, 0.717) is 12.3 Å². The molecule has 0 aromatic carbocycles. The van der Waals surface area contributed by atoms with E-state index in [0.717, 1.165) is 58.6 Å². The van der Waals surface area contributed by atoms with Crippen molar-refractivity contribution in [3.8, 4) is 0 Å². The molecule has 5 heteroatoms. The summed E-state index contributed by atoms with van der Waals surface area (Å²) in [6.07, 6.45) is 6.91. The van der Waals surface area contributed by atoms with Crippen LogP contribution in [-0.4, -0.2) is 73.9 Å². The Balaban J connectivity index is 1.55. The molecule has 2 aliphatic heterocycles. The molecule has 2 saturated heterocycles. The number of carbonyl (C=O) groups is 1. The number of ether oxygens (including phenoxy) is 2. The summed E-state index contributed by atoms with van der Waals surface area (Å²) < 4.78 is 11.7. The second kappa shape index (κ2) is 7.32. The minimum absolute atomic E-state index is 0.182. The number of fused-ring (bicyclic) bond motifs is 1. The summed E-state index contributed by atoms with van der Waals surface area (Å²) in [6, 6.07) is 0. The number of amides is 1. The molecule has 2 heterocycles. The summed E-state index contributed by atoms with van der Waals surface area (Å²) >= 11 is 0. The zero-order valence-corrected chi connectivity index (χ0v) is 14.3. The third-order valence-corrected chi connectivity index (χ3v) is 5.84. The maximum atomic E-state index is 12.7. The summed E-state index contributed by atoms with van der Waals surface area (Å²) in [5, 5.41) is 0. The number of piperidine rings is 1. The molecule has 23 heavy (non-hydrogen) atoms. The van der Waals surface area contributed by atoms with E-state index >= 15 is 0 Å². The van der Waals surface area contributed by atoms with Crippen molar-refractivity contribution in [2.45, 2.75) is 43.8 Å². The Morgan fingerprint density at radius 1 is 1.39 bits per heavy atom. The van der Waals surface area contributed by atoms with E-state index in [-0.39, 0.29) is 17.6 Å². The number of hydrogen-bond acceptors (Lipinski definition) is 4. The molecule has 1 aliphatic carbocycles. The molecule has 130 valence electrons. The summed E-state index contributed by atoms with van der Waals surface area (Å²) in [7, 11) is 1.74. The maximum absolute atomic E-state index is 12.7. The van der Waals surface area contributed by atoms with Crippen molar-refractivity contribution in [1.29, 1.82) is 0 Å². The van der Waals surface area contributed by atoms with E-state index in [9.17, 15) is 4.79 Å². The van der Waals surface area contributed by atoms with Gasteiger partial charge >= 0.3 is 0 Å². The fourth-order valence-electron chi connectivity index (χ4n) is 4.11. The predicted octanol–water partition coefficient (Wildman–Crippen LogP) is 1.68. The van der Waals surface area contributed by atoms with Crippen molar-refractivity contribution in [2.75, 3.05) is 46.4 Å². The Kier molecular flexibility index (Phi) is 5.39. The van der Waals surface area contributed by atoms with Crippen LogP contribution in [0.15, 0.2) is 12.7 Å². The van der Waals surface area contributed by atoms with Crippen molar-refractivity contribution in [1.82, 2.24) is 9.80 Å². The number of methoxy groups -OCH3 is 1. The molecule has 0 bridgehead atoms. The van der Waals surface area contributed by atoms with Crippen molar-refractivity contribution in [3.63, 3.8) is 0 Å². The highest BCUT2D eigenvalue weighted by atomic mass is 16.5. The average molecular weight is 322 g/mol. The van der Waals surface area contributed by atoms with Gasteiger partial charge in [0.15, 0.2) is 0 Å². The molecule has 3 aliphatic rings. The van der Waals surface area contributed by atoms with Crippen LogP contribution >= 0.6 is 0 Å². The zero-order valence-electron chi connectivity index (χ0n) is 14.3. The van der Waals surface area contributed by atoms with E-state index in [1.807, 2.05) is 11.0 Å². The first kappa shape index (κ1) is 16.9. The van der Waals surface area contributed by atoms with Crippen LogP contribution in [-0.2, 0) is 14.3 Å². The Morgan fingerprint density at radius 3 is 2.87 bits per heavy atom. The van der Waals surface area contributed by atoms with Gasteiger partial charge in [0.2, 0.25) is 5.91 Å². The summed E-state index contributed by atoms with van der Waals surface area (Å²) in [6.45, 7) is 9.11. The lowest BCUT2D eigenvalue weighted by Crippen LogP contribution is -2.52. The molecule has 0 radical (unpaired) electrons. The molecule has 3 rings (SSSR count). The normalized spacial score (nSPS) is 30.9. The lowest BCUT2D eigenvalue weighted by Gasteiger charge is -2.43. The summed E-state index contributed by atoms with van der Waals surface area (Å²) in [4.78, 5) is 17.1. The van der Waals surface area contributed by atoms with Gasteiger partial charge in [0.1, 0.15) is 0 Å².